The summed E-state index contributed by atoms with van der Waals surface area (Å²) in [5.41, 5.74) is -0.542. The quantitative estimate of drug-likeness (QED) is 0.360. The Bertz CT molecular complexity index is 368. The van der Waals surface area contributed by atoms with E-state index in [1.165, 1.54) is 0 Å². The lowest BCUT2D eigenvalue weighted by atomic mass is 9.93. The summed E-state index contributed by atoms with van der Waals surface area (Å²) in [7, 11) is 1.64. The average molecular weight is 329 g/mol. The topological polar surface area (TPSA) is 85.8 Å². The zero-order valence-electron chi connectivity index (χ0n) is 15.7. The zero-order chi connectivity index (χ0) is 17.9. The van der Waals surface area contributed by atoms with Crippen LogP contribution in [0.2, 0.25) is 0 Å². The number of nitrogens with one attached hydrogen (secondary N) is 3. The minimum Gasteiger partial charge on any atom is -0.396 e. The summed E-state index contributed by atoms with van der Waals surface area (Å²) >= 11 is 0. The molecule has 0 rings (SSSR count). The summed E-state index contributed by atoms with van der Waals surface area (Å²) in [5.74, 6) is 1.71. The van der Waals surface area contributed by atoms with Crippen molar-refractivity contribution in [3.63, 3.8) is 0 Å². The Kier molecular flexibility index (Phi) is 10.6. The van der Waals surface area contributed by atoms with Crippen LogP contribution in [0.4, 0.5) is 0 Å². The molecule has 0 fully saturated rings. The second-order valence-corrected chi connectivity index (χ2v) is 7.05. The van der Waals surface area contributed by atoms with Gasteiger partial charge in [0.1, 0.15) is 0 Å². The third kappa shape index (κ3) is 9.43. The highest BCUT2D eigenvalue weighted by molar-refractivity contribution is 5.83. The van der Waals surface area contributed by atoms with Gasteiger partial charge in [-0.05, 0) is 45.4 Å². The fourth-order valence-corrected chi connectivity index (χ4v) is 2.42. The van der Waals surface area contributed by atoms with E-state index in [-0.39, 0.29) is 12.5 Å². The molecule has 136 valence electrons. The van der Waals surface area contributed by atoms with E-state index >= 15 is 0 Å². The van der Waals surface area contributed by atoms with Gasteiger partial charge in [0.15, 0.2) is 5.96 Å². The molecule has 1 amide bonds. The molecule has 0 saturated carbocycles. The van der Waals surface area contributed by atoms with Gasteiger partial charge in [0, 0.05) is 26.7 Å². The Hall–Kier alpha value is -1.30. The molecule has 4 N–H and O–H groups in total. The third-order valence-corrected chi connectivity index (χ3v) is 3.72. The number of aliphatic imine (C=N–C) groups is 1. The highest BCUT2D eigenvalue weighted by atomic mass is 16.3. The van der Waals surface area contributed by atoms with Crippen LogP contribution < -0.4 is 16.0 Å². The van der Waals surface area contributed by atoms with Gasteiger partial charge in [-0.15, -0.1) is 0 Å². The smallest absolute Gasteiger partial charge is 0.227 e. The van der Waals surface area contributed by atoms with Crippen LogP contribution >= 0.6 is 0 Å². The summed E-state index contributed by atoms with van der Waals surface area (Å²) in [5, 5.41) is 18.4. The zero-order valence-corrected chi connectivity index (χ0v) is 15.7. The molecule has 0 aromatic heterocycles. The highest BCUT2D eigenvalue weighted by Crippen LogP contribution is 2.16. The molecule has 0 heterocycles. The average Bonchev–Trinajstić information content (AvgIpc) is 2.48. The van der Waals surface area contributed by atoms with E-state index in [1.807, 2.05) is 20.8 Å². The van der Waals surface area contributed by atoms with Crippen molar-refractivity contribution >= 4 is 11.9 Å². The molecule has 0 radical (unpaired) electrons. The van der Waals surface area contributed by atoms with Gasteiger partial charge in [-0.3, -0.25) is 9.79 Å². The molecule has 0 aliphatic heterocycles. The van der Waals surface area contributed by atoms with Gasteiger partial charge in [-0.25, -0.2) is 0 Å². The van der Waals surface area contributed by atoms with Crippen LogP contribution in [0.1, 0.15) is 47.5 Å². The maximum absolute atomic E-state index is 11.8. The number of rotatable bonds is 10. The van der Waals surface area contributed by atoms with Gasteiger partial charge in [-0.2, -0.15) is 0 Å². The highest BCUT2D eigenvalue weighted by Gasteiger charge is 2.26. The number of amides is 1. The number of carbonyl (C=O) groups is 1. The van der Waals surface area contributed by atoms with Crippen molar-refractivity contribution < 1.29 is 9.90 Å². The Morgan fingerprint density at radius 1 is 1.26 bits per heavy atom. The van der Waals surface area contributed by atoms with Crippen LogP contribution in [0, 0.1) is 17.3 Å². The molecule has 1 atom stereocenters. The summed E-state index contributed by atoms with van der Waals surface area (Å²) in [6.07, 6.45) is 1.85. The normalized spacial score (nSPS) is 13.8. The summed E-state index contributed by atoms with van der Waals surface area (Å²) in [6, 6.07) is 0. The molecule has 0 saturated heterocycles. The first kappa shape index (κ1) is 21.7. The predicted octanol–water partition coefficient (Wildman–Crippen LogP) is 1.36. The molecule has 0 bridgehead atoms. The van der Waals surface area contributed by atoms with Crippen LogP contribution in [-0.2, 0) is 4.79 Å². The second kappa shape index (κ2) is 11.3. The number of hydrogen-bond acceptors (Lipinski definition) is 3. The van der Waals surface area contributed by atoms with E-state index in [4.69, 9.17) is 0 Å². The molecule has 6 nitrogen and oxygen atoms in total. The van der Waals surface area contributed by atoms with Crippen molar-refractivity contribution in [1.82, 2.24) is 16.0 Å². The van der Waals surface area contributed by atoms with Gasteiger partial charge in [0.25, 0.3) is 0 Å². The van der Waals surface area contributed by atoms with Gasteiger partial charge in [-0.1, -0.05) is 13.8 Å². The predicted molar refractivity (Wildman–Crippen MR) is 96.5 cm³/mol. The van der Waals surface area contributed by atoms with Gasteiger partial charge >= 0.3 is 0 Å². The molecule has 0 aromatic rings. The largest absolute Gasteiger partial charge is 0.396 e. The summed E-state index contributed by atoms with van der Waals surface area (Å²) < 4.78 is 0. The first-order valence-corrected chi connectivity index (χ1v) is 8.62. The monoisotopic (exact) mass is 328 g/mol. The SMILES string of the molecule is CCNC(=NCC(C)(C)C(=O)NC)NCC(CCO)CC(C)C. The molecule has 23 heavy (non-hydrogen) atoms. The number of nitrogens with zero attached hydrogens (tertiary/aromatic N) is 1. The van der Waals surface area contributed by atoms with E-state index in [0.29, 0.717) is 18.4 Å². The van der Waals surface area contributed by atoms with E-state index in [9.17, 15) is 9.90 Å². The lowest BCUT2D eigenvalue weighted by Crippen LogP contribution is -2.42. The Labute approximate surface area is 141 Å². The van der Waals surface area contributed by atoms with Crippen LogP contribution in [0.25, 0.3) is 0 Å². The van der Waals surface area contributed by atoms with Crippen LogP contribution in [-0.4, -0.2) is 50.3 Å². The van der Waals surface area contributed by atoms with Crippen molar-refractivity contribution in [2.75, 3.05) is 33.3 Å². The van der Waals surface area contributed by atoms with Crippen LogP contribution in [0.5, 0.6) is 0 Å². The fourth-order valence-electron chi connectivity index (χ4n) is 2.42. The lowest BCUT2D eigenvalue weighted by Gasteiger charge is -2.23. The van der Waals surface area contributed by atoms with E-state index < -0.39 is 5.41 Å². The van der Waals surface area contributed by atoms with Crippen molar-refractivity contribution in [2.45, 2.75) is 47.5 Å². The minimum atomic E-state index is -0.542. The van der Waals surface area contributed by atoms with Crippen LogP contribution in [0.15, 0.2) is 4.99 Å². The van der Waals surface area contributed by atoms with Gasteiger partial charge in [0.2, 0.25) is 5.91 Å². The van der Waals surface area contributed by atoms with E-state index in [0.717, 1.165) is 31.9 Å². The third-order valence-electron chi connectivity index (χ3n) is 3.72. The molecule has 1 unspecified atom stereocenters. The standard InChI is InChI=1S/C17H36N4O2/c1-7-19-16(21-12-17(4,5)15(23)18-6)20-11-14(8-9-22)10-13(2)3/h13-14,22H,7-12H2,1-6H3,(H,18,23)(H2,19,20,21). The second-order valence-electron chi connectivity index (χ2n) is 7.05. The van der Waals surface area contributed by atoms with E-state index in [1.54, 1.807) is 7.05 Å². The van der Waals surface area contributed by atoms with Crippen LogP contribution in [0.3, 0.4) is 0 Å². The maximum atomic E-state index is 11.8. The van der Waals surface area contributed by atoms with Crippen molar-refractivity contribution in [2.24, 2.45) is 22.2 Å². The van der Waals surface area contributed by atoms with E-state index in [2.05, 4.69) is 34.8 Å². The van der Waals surface area contributed by atoms with Gasteiger partial charge < -0.3 is 21.1 Å². The van der Waals surface area contributed by atoms with Gasteiger partial charge in [0.05, 0.1) is 12.0 Å². The van der Waals surface area contributed by atoms with Crippen molar-refractivity contribution in [3.8, 4) is 0 Å². The first-order chi connectivity index (χ1) is 10.8. The first-order valence-electron chi connectivity index (χ1n) is 8.62. The van der Waals surface area contributed by atoms with Crippen molar-refractivity contribution in [1.29, 1.82) is 0 Å². The maximum Gasteiger partial charge on any atom is 0.227 e. The molecule has 0 aromatic carbocycles. The molecular weight excluding hydrogens is 292 g/mol. The number of aliphatic hydroxyl groups excluding tert-OH is 1. The Morgan fingerprint density at radius 2 is 1.91 bits per heavy atom. The molecule has 0 spiro atoms. The summed E-state index contributed by atoms with van der Waals surface area (Å²) in [4.78, 5) is 16.4. The number of aliphatic hydroxyl groups is 1. The number of guanidine groups is 1. The number of hydrogen-bond donors (Lipinski definition) is 4. The Balaban J connectivity index is 4.70. The number of carbonyl (C=O) groups excluding carboxylic acids is 1. The summed E-state index contributed by atoms with van der Waals surface area (Å²) in [6.45, 7) is 12.3. The molecule has 6 heteroatoms. The molecule has 0 aliphatic rings. The molecular formula is C17H36N4O2. The minimum absolute atomic E-state index is 0.0185. The van der Waals surface area contributed by atoms with Crippen molar-refractivity contribution in [3.05, 3.63) is 0 Å². The Morgan fingerprint density at radius 3 is 2.39 bits per heavy atom. The molecule has 0 aliphatic carbocycles. The fraction of sp³-hybridized carbons (Fsp3) is 0.882. The lowest BCUT2D eigenvalue weighted by molar-refractivity contribution is -0.128.